The van der Waals surface area contributed by atoms with E-state index in [1.165, 1.54) is 25.9 Å². The molecule has 1 atom stereocenters. The normalized spacial score (nSPS) is 16.8. The smallest absolute Gasteiger partial charge is 0.138 e. The zero-order valence-electron chi connectivity index (χ0n) is 13.4. The van der Waals surface area contributed by atoms with Crippen LogP contribution < -0.4 is 4.74 Å². The molecule has 0 bridgehead atoms. The van der Waals surface area contributed by atoms with Crippen LogP contribution in [-0.2, 0) is 6.42 Å². The molecule has 2 heterocycles. The van der Waals surface area contributed by atoms with E-state index < -0.39 is 0 Å². The summed E-state index contributed by atoms with van der Waals surface area (Å²) >= 11 is 0. The summed E-state index contributed by atoms with van der Waals surface area (Å²) in [5.41, 5.74) is 1.03. The monoisotopic (exact) mass is 300 g/mol. The first-order valence-corrected chi connectivity index (χ1v) is 8.05. The topological polar surface area (TPSA) is 43.2 Å². The molecule has 2 aromatic rings. The molecule has 0 spiro atoms. The highest BCUT2D eigenvalue weighted by atomic mass is 16.5. The van der Waals surface area contributed by atoms with Crippen LogP contribution >= 0.6 is 0 Å². The van der Waals surface area contributed by atoms with Crippen molar-refractivity contribution in [2.24, 2.45) is 0 Å². The van der Waals surface area contributed by atoms with Crippen molar-refractivity contribution in [3.63, 3.8) is 0 Å². The summed E-state index contributed by atoms with van der Waals surface area (Å²) in [5.74, 6) is 1.88. The van der Waals surface area contributed by atoms with Crippen LogP contribution in [0.2, 0.25) is 0 Å². The first-order valence-electron chi connectivity index (χ1n) is 8.05. The number of methoxy groups -OCH3 is 1. The molecule has 0 amide bonds. The van der Waals surface area contributed by atoms with Crippen LogP contribution in [0.3, 0.4) is 0 Å². The van der Waals surface area contributed by atoms with Crippen LogP contribution in [0, 0.1) is 0 Å². The van der Waals surface area contributed by atoms with Crippen LogP contribution in [0.4, 0.5) is 0 Å². The second-order valence-electron chi connectivity index (χ2n) is 5.92. The van der Waals surface area contributed by atoms with Crippen molar-refractivity contribution >= 4 is 0 Å². The van der Waals surface area contributed by atoms with Crippen LogP contribution in [0.15, 0.2) is 30.6 Å². The fourth-order valence-corrected chi connectivity index (χ4v) is 3.08. The predicted octanol–water partition coefficient (Wildman–Crippen LogP) is 2.69. The molecule has 0 saturated carbocycles. The number of benzene rings is 1. The van der Waals surface area contributed by atoms with E-state index in [1.54, 1.807) is 13.4 Å². The molecule has 5 heteroatoms. The molecule has 0 aliphatic carbocycles. The molecule has 5 nitrogen and oxygen atoms in total. The Kier molecular flexibility index (Phi) is 4.73. The minimum atomic E-state index is 0.614. The van der Waals surface area contributed by atoms with Gasteiger partial charge in [0.05, 0.1) is 12.8 Å². The average Bonchev–Trinajstić information content (AvgIpc) is 3.24. The van der Waals surface area contributed by atoms with E-state index in [0.717, 1.165) is 30.1 Å². The Morgan fingerprint density at radius 2 is 1.91 bits per heavy atom. The summed E-state index contributed by atoms with van der Waals surface area (Å²) in [6.45, 7) is 4.80. The standard InChI is InChI=1S/C17H24N4O/c1-14(20-11-3-4-12-20)5-10-17-18-13-19-21(17)15-6-8-16(22-2)9-7-15/h6-9,13-14H,3-5,10-12H2,1-2H3. The van der Waals surface area contributed by atoms with E-state index in [9.17, 15) is 0 Å². The van der Waals surface area contributed by atoms with Gasteiger partial charge in [0, 0.05) is 12.5 Å². The lowest BCUT2D eigenvalue weighted by atomic mass is 10.1. The molecule has 1 aliphatic rings. The molecule has 0 N–H and O–H groups in total. The maximum atomic E-state index is 5.20. The summed E-state index contributed by atoms with van der Waals surface area (Å²) in [4.78, 5) is 7.01. The van der Waals surface area contributed by atoms with Crippen molar-refractivity contribution in [3.05, 3.63) is 36.4 Å². The van der Waals surface area contributed by atoms with Gasteiger partial charge in [0.25, 0.3) is 0 Å². The maximum Gasteiger partial charge on any atom is 0.138 e. The molecule has 1 saturated heterocycles. The van der Waals surface area contributed by atoms with Crippen molar-refractivity contribution in [1.29, 1.82) is 0 Å². The molecule has 118 valence electrons. The Bertz CT molecular complexity index is 587. The van der Waals surface area contributed by atoms with Gasteiger partial charge < -0.3 is 9.64 Å². The highest BCUT2D eigenvalue weighted by Gasteiger charge is 2.18. The minimum Gasteiger partial charge on any atom is -0.497 e. The predicted molar refractivity (Wildman–Crippen MR) is 86.5 cm³/mol. The van der Waals surface area contributed by atoms with E-state index in [4.69, 9.17) is 4.74 Å². The van der Waals surface area contributed by atoms with Crippen LogP contribution in [0.1, 0.15) is 32.0 Å². The summed E-state index contributed by atoms with van der Waals surface area (Å²) in [6, 6.07) is 8.55. The Morgan fingerprint density at radius 3 is 2.59 bits per heavy atom. The third-order valence-corrected chi connectivity index (χ3v) is 4.49. The molecule has 22 heavy (non-hydrogen) atoms. The van der Waals surface area contributed by atoms with Gasteiger partial charge in [-0.05, 0) is 63.5 Å². The zero-order valence-corrected chi connectivity index (χ0v) is 13.4. The van der Waals surface area contributed by atoms with Gasteiger partial charge in [0.15, 0.2) is 0 Å². The lowest BCUT2D eigenvalue weighted by Gasteiger charge is -2.23. The molecule has 1 fully saturated rings. The number of aromatic nitrogens is 3. The summed E-state index contributed by atoms with van der Waals surface area (Å²) in [6.07, 6.45) is 6.39. The SMILES string of the molecule is COc1ccc(-n2ncnc2CCC(C)N2CCCC2)cc1. The Morgan fingerprint density at radius 1 is 1.18 bits per heavy atom. The van der Waals surface area contributed by atoms with Gasteiger partial charge in [0.1, 0.15) is 17.9 Å². The van der Waals surface area contributed by atoms with E-state index in [0.29, 0.717) is 6.04 Å². The lowest BCUT2D eigenvalue weighted by molar-refractivity contribution is 0.246. The van der Waals surface area contributed by atoms with E-state index in [1.807, 2.05) is 28.9 Å². The minimum absolute atomic E-state index is 0.614. The van der Waals surface area contributed by atoms with E-state index in [2.05, 4.69) is 21.9 Å². The largest absolute Gasteiger partial charge is 0.497 e. The van der Waals surface area contributed by atoms with Crippen molar-refractivity contribution in [2.75, 3.05) is 20.2 Å². The number of hydrogen-bond donors (Lipinski definition) is 0. The second-order valence-corrected chi connectivity index (χ2v) is 5.92. The van der Waals surface area contributed by atoms with Crippen molar-refractivity contribution < 1.29 is 4.74 Å². The lowest BCUT2D eigenvalue weighted by Crippen LogP contribution is -2.30. The molecule has 0 radical (unpaired) electrons. The number of ether oxygens (including phenoxy) is 1. The third-order valence-electron chi connectivity index (χ3n) is 4.49. The summed E-state index contributed by atoms with van der Waals surface area (Å²) < 4.78 is 7.13. The molecule has 1 aromatic heterocycles. The fourth-order valence-electron chi connectivity index (χ4n) is 3.08. The highest BCUT2D eigenvalue weighted by Crippen LogP contribution is 2.18. The Hall–Kier alpha value is -1.88. The first-order chi connectivity index (χ1) is 10.8. The Balaban J connectivity index is 1.66. The molecule has 1 aliphatic heterocycles. The number of hydrogen-bond acceptors (Lipinski definition) is 4. The molecular formula is C17H24N4O. The van der Waals surface area contributed by atoms with Gasteiger partial charge in [0.2, 0.25) is 0 Å². The average molecular weight is 300 g/mol. The summed E-state index contributed by atoms with van der Waals surface area (Å²) in [5, 5.41) is 4.37. The van der Waals surface area contributed by atoms with Crippen LogP contribution in [0.5, 0.6) is 5.75 Å². The van der Waals surface area contributed by atoms with E-state index >= 15 is 0 Å². The summed E-state index contributed by atoms with van der Waals surface area (Å²) in [7, 11) is 1.68. The number of rotatable bonds is 6. The zero-order chi connectivity index (χ0) is 15.4. The highest BCUT2D eigenvalue weighted by molar-refractivity contribution is 5.37. The molecular weight excluding hydrogens is 276 g/mol. The van der Waals surface area contributed by atoms with Gasteiger partial charge in [-0.15, -0.1) is 0 Å². The van der Waals surface area contributed by atoms with E-state index in [-0.39, 0.29) is 0 Å². The Labute approximate surface area is 131 Å². The van der Waals surface area contributed by atoms with Crippen LogP contribution in [-0.4, -0.2) is 45.9 Å². The molecule has 3 rings (SSSR count). The maximum absolute atomic E-state index is 5.20. The quantitative estimate of drug-likeness (QED) is 0.822. The number of nitrogens with zero attached hydrogens (tertiary/aromatic N) is 4. The van der Waals surface area contributed by atoms with Crippen molar-refractivity contribution in [2.45, 2.75) is 38.6 Å². The first kappa shape index (κ1) is 15.0. The fraction of sp³-hybridized carbons (Fsp3) is 0.529. The van der Waals surface area contributed by atoms with Gasteiger partial charge in [-0.25, -0.2) is 9.67 Å². The number of aryl methyl sites for hydroxylation is 1. The van der Waals surface area contributed by atoms with Gasteiger partial charge in [-0.2, -0.15) is 5.10 Å². The van der Waals surface area contributed by atoms with Crippen LogP contribution in [0.25, 0.3) is 5.69 Å². The second kappa shape index (κ2) is 6.92. The van der Waals surface area contributed by atoms with Crippen molar-refractivity contribution in [3.8, 4) is 11.4 Å². The van der Waals surface area contributed by atoms with Crippen molar-refractivity contribution in [1.82, 2.24) is 19.7 Å². The molecule has 1 aromatic carbocycles. The number of likely N-dealkylation sites (tertiary alicyclic amines) is 1. The molecule has 1 unspecified atom stereocenters. The van der Waals surface area contributed by atoms with Gasteiger partial charge in [-0.3, -0.25) is 0 Å². The third kappa shape index (κ3) is 3.30. The van der Waals surface area contributed by atoms with Gasteiger partial charge in [-0.1, -0.05) is 0 Å². The van der Waals surface area contributed by atoms with Gasteiger partial charge >= 0.3 is 0 Å².